The molecular weight excluding hydrogens is 1860 g/mol. The summed E-state index contributed by atoms with van der Waals surface area (Å²) in [5, 5.41) is 47.6. The Kier molecular flexibility index (Phi) is 28.1. The third-order valence-electron chi connectivity index (χ3n) is 24.8. The molecule has 0 aliphatic carbocycles. The number of hydrogen-bond donors (Lipinski definition) is 3. The Morgan fingerprint density at radius 3 is 1.06 bits per heavy atom. The molecule has 0 unspecified atom stereocenters. The Hall–Kier alpha value is -14.9. The molecule has 0 bridgehead atoms. The number of nitro benzene ring substituents is 1. The zero-order valence-electron chi connectivity index (χ0n) is 76.2. The molecule has 1 amide bonds. The average molecular weight is 1960 g/mol. The van der Waals surface area contributed by atoms with Crippen molar-refractivity contribution in [2.45, 2.75) is 110 Å². The largest absolute Gasteiger partial charge is 0.480 e. The van der Waals surface area contributed by atoms with Gasteiger partial charge >= 0.3 is 5.97 Å². The molecular formula is C99H97N25O10S5. The number of non-ortho nitro benzene ring substituents is 1. The first-order valence-electron chi connectivity index (χ1n) is 46.4. The number of carbonyl (C=O) groups excluding carboxylic acids is 1. The van der Waals surface area contributed by atoms with Crippen LogP contribution in [-0.2, 0) is 4.79 Å². The number of nitrogens with one attached hydrogen (secondary N) is 1. The van der Waals surface area contributed by atoms with Gasteiger partial charge in [0.1, 0.15) is 60.7 Å². The normalized spacial score (nSPS) is 15.5. The molecule has 139 heavy (non-hydrogen) atoms. The van der Waals surface area contributed by atoms with Crippen molar-refractivity contribution in [3.63, 3.8) is 0 Å². The molecule has 5 saturated heterocycles. The monoisotopic (exact) mass is 1960 g/mol. The number of allylic oxidation sites excluding steroid dienone is 2. The van der Waals surface area contributed by atoms with Gasteiger partial charge in [0.15, 0.2) is 0 Å². The number of nitrogen functional groups attached to an aromatic ring is 1. The number of amides is 1. The third kappa shape index (κ3) is 21.5. The van der Waals surface area contributed by atoms with Crippen LogP contribution in [0.3, 0.4) is 0 Å². The number of hydrogen-bond acceptors (Lipinski definition) is 32. The zero-order chi connectivity index (χ0) is 95.7. The topological polar surface area (TPSA) is 413 Å². The average Bonchev–Trinajstić information content (AvgIpc) is 1.67. The van der Waals surface area contributed by atoms with Crippen LogP contribution in [-0.4, -0.2) is 192 Å². The molecule has 23 rings (SSSR count). The van der Waals surface area contributed by atoms with Gasteiger partial charge in [0, 0.05) is 164 Å². The minimum Gasteiger partial charge on any atom is -0.480 e. The van der Waals surface area contributed by atoms with Crippen LogP contribution in [0.4, 0.5) is 40.5 Å². The maximum absolute atomic E-state index is 12.7. The predicted octanol–water partition coefficient (Wildman–Crippen LogP) is 15.7. The van der Waals surface area contributed by atoms with E-state index in [1.165, 1.54) is 147 Å². The van der Waals surface area contributed by atoms with Gasteiger partial charge in [-0.2, -0.15) is 48.1 Å². The summed E-state index contributed by atoms with van der Waals surface area (Å²) in [6, 6.07) is 53.1. The van der Waals surface area contributed by atoms with Crippen molar-refractivity contribution in [3.8, 4) is 64.0 Å². The maximum atomic E-state index is 12.7. The summed E-state index contributed by atoms with van der Waals surface area (Å²) in [6.45, 7) is 14.6. The minimum absolute atomic E-state index is 0.0209. The maximum Gasteiger partial charge on any atom is 0.322 e. The van der Waals surface area contributed by atoms with E-state index in [4.69, 9.17) is 25.8 Å². The molecule has 35 nitrogen and oxygen atoms in total. The first kappa shape index (κ1) is 93.2. The molecule has 0 radical (unpaired) electrons. The van der Waals surface area contributed by atoms with Crippen molar-refractivity contribution >= 4 is 157 Å². The van der Waals surface area contributed by atoms with E-state index < -0.39 is 23.3 Å². The first-order valence-corrected chi connectivity index (χ1v) is 50.5. The number of nitrogens with zero attached hydrogens (tertiary/aromatic N) is 23. The van der Waals surface area contributed by atoms with Gasteiger partial charge in [-0.1, -0.05) is 142 Å². The van der Waals surface area contributed by atoms with E-state index in [0.717, 1.165) is 237 Å². The Morgan fingerprint density at radius 2 is 0.719 bits per heavy atom. The van der Waals surface area contributed by atoms with E-state index >= 15 is 0 Å². The number of anilines is 6. The number of fused-ring (bicyclic) bond motifs is 5. The van der Waals surface area contributed by atoms with Crippen LogP contribution in [0.25, 0.3) is 99.9 Å². The van der Waals surface area contributed by atoms with Crippen molar-refractivity contribution in [2.75, 3.05) is 115 Å². The molecule has 0 saturated carbocycles. The lowest BCUT2D eigenvalue weighted by molar-refractivity contribution is -0.384. The van der Waals surface area contributed by atoms with Crippen molar-refractivity contribution in [2.24, 2.45) is 9.98 Å². The van der Waals surface area contributed by atoms with E-state index in [1.807, 2.05) is 66.9 Å². The number of rotatable bonds is 17. The van der Waals surface area contributed by atoms with Crippen LogP contribution < -0.4 is 63.3 Å². The second kappa shape index (κ2) is 42.0. The number of aliphatic carboxylic acids is 1. The van der Waals surface area contributed by atoms with Crippen molar-refractivity contribution in [3.05, 3.63) is 266 Å². The van der Waals surface area contributed by atoms with Gasteiger partial charge in [-0.3, -0.25) is 53.7 Å². The molecule has 6 aromatic carbocycles. The fourth-order valence-corrected chi connectivity index (χ4v) is 22.1. The van der Waals surface area contributed by atoms with Gasteiger partial charge in [-0.25, -0.2) is 24.9 Å². The van der Waals surface area contributed by atoms with E-state index in [1.54, 1.807) is 54.6 Å². The van der Waals surface area contributed by atoms with Crippen molar-refractivity contribution in [1.29, 1.82) is 0 Å². The lowest BCUT2D eigenvalue weighted by Gasteiger charge is -2.27. The van der Waals surface area contributed by atoms with Gasteiger partial charge in [0.05, 0.1) is 18.0 Å². The van der Waals surface area contributed by atoms with Crippen LogP contribution in [0.1, 0.15) is 132 Å². The summed E-state index contributed by atoms with van der Waals surface area (Å²) < 4.78 is 6.80. The number of nitrogens with two attached hydrogens (primary N) is 1. The number of carboxylic acids is 1. The summed E-state index contributed by atoms with van der Waals surface area (Å²) in [4.78, 5) is 142. The highest BCUT2D eigenvalue weighted by Gasteiger charge is 2.26. The Morgan fingerprint density at radius 1 is 0.396 bits per heavy atom. The molecule has 5 fully saturated rings. The van der Waals surface area contributed by atoms with Gasteiger partial charge in [-0.15, -0.1) is 0 Å². The van der Waals surface area contributed by atoms with E-state index in [9.17, 15) is 43.7 Å². The number of carboxylic acid groups (broad SMARTS) is 1. The first-order chi connectivity index (χ1) is 67.7. The Bertz CT molecular complexity index is 7790. The quantitative estimate of drug-likeness (QED) is 0.0433. The number of nitro groups is 1. The van der Waals surface area contributed by atoms with Gasteiger partial charge < -0.3 is 40.7 Å². The molecule has 7 aliphatic heterocycles. The zero-order valence-corrected chi connectivity index (χ0v) is 80.3. The van der Waals surface area contributed by atoms with Crippen molar-refractivity contribution in [1.82, 2.24) is 78.3 Å². The molecule has 0 atom stereocenters. The van der Waals surface area contributed by atoms with E-state index in [-0.39, 0.29) is 33.5 Å². The number of piperidine rings is 5. The summed E-state index contributed by atoms with van der Waals surface area (Å²) >= 11 is 6.93. The highest BCUT2D eigenvalue weighted by molar-refractivity contribution is 7.21. The molecule has 7 aliphatic rings. The van der Waals surface area contributed by atoms with Crippen LogP contribution >= 0.6 is 56.7 Å². The number of aromatic nitrogens is 15. The molecule has 40 heteroatoms. The minimum atomic E-state index is -1.12. The number of carbonyl (C=O) groups is 2. The molecule has 4 N–H and O–H groups in total. The number of aliphatic imine (C=N–C) groups is 2. The summed E-state index contributed by atoms with van der Waals surface area (Å²) in [7, 11) is 0. The number of benzene rings is 6. The third-order valence-corrected chi connectivity index (χ3v) is 29.6. The smallest absolute Gasteiger partial charge is 0.322 e. The fraction of sp³-hybridized carbons (Fsp3) is 0.303. The Labute approximate surface area is 814 Å². The van der Waals surface area contributed by atoms with Gasteiger partial charge in [0.2, 0.25) is 24.8 Å². The van der Waals surface area contributed by atoms with Gasteiger partial charge in [-0.05, 0) is 198 Å². The summed E-state index contributed by atoms with van der Waals surface area (Å²) in [5.74, 6) is 2.08. The SMILES string of the molecule is CC1=NCC(C)=C1c1cccc(-c2nn3c(=O)cc(N4CCCCC4)nc3s2)c1.Nc1ccc(-c2cccc(-c3nn4c(=O)cc(N5CCCCC5)nc4s3)c2)cc1.O=C(O)CNC(=O)c1cccc(-c2nn3c(=O)cc(N4CCCCC4)nc3s2)c1.O=c1cc(N2CCCCC2)nc2sc(-c3ccc([N+](=O)[O-])cc3)nn12.O=c1cc(N2CCCCC2)nc2sc(-c3cccc(C4=CCN=C4)c3)nn12. The molecule has 10 aromatic heterocycles. The second-order valence-corrected chi connectivity index (χ2v) is 39.3. The highest BCUT2D eigenvalue weighted by atomic mass is 32.1. The lowest BCUT2D eigenvalue weighted by Crippen LogP contribution is -2.31. The summed E-state index contributed by atoms with van der Waals surface area (Å²) in [6.07, 6.45) is 21.4. The van der Waals surface area contributed by atoms with Crippen LogP contribution in [0.5, 0.6) is 0 Å². The van der Waals surface area contributed by atoms with Crippen LogP contribution in [0, 0.1) is 10.1 Å². The van der Waals surface area contributed by atoms with Crippen LogP contribution in [0.15, 0.2) is 222 Å². The summed E-state index contributed by atoms with van der Waals surface area (Å²) in [5.41, 5.74) is 19.5. The van der Waals surface area contributed by atoms with E-state index in [2.05, 4.69) is 132 Å². The highest BCUT2D eigenvalue weighted by Crippen LogP contribution is 2.37. The molecule has 16 aromatic rings. The van der Waals surface area contributed by atoms with Gasteiger partial charge in [0.25, 0.3) is 39.4 Å². The second-order valence-electron chi connectivity index (χ2n) is 34.5. The van der Waals surface area contributed by atoms with Crippen LogP contribution in [0.2, 0.25) is 0 Å². The van der Waals surface area contributed by atoms with Crippen molar-refractivity contribution < 1.29 is 19.6 Å². The predicted molar refractivity (Wildman–Crippen MR) is 552 cm³/mol. The van der Waals surface area contributed by atoms with E-state index in [0.29, 0.717) is 57.6 Å². The fourth-order valence-electron chi connectivity index (χ4n) is 17.6. The molecule has 708 valence electrons. The molecule has 0 spiro atoms. The lowest BCUT2D eigenvalue weighted by atomic mass is 9.97. The molecule has 17 heterocycles. The standard InChI is InChI=1S/C22H23N5OS.C22H21N5OS.C20H19N5OS.C19H19N5O4S.C16H15N5O3S/c1-14-13-23-15(2)20(14)16-7-6-8-17(11-16)21-25-27-19(28)12-18(24-22(27)29-21)26-9-4-3-5-10-26;23-18-9-7-15(8-10-18)16-5-4-6-17(13-16)21-25-27-20(28)14-19(24-22(27)29-21)26-11-2-1-3-12-26;26-18-12-17(24-9-2-1-3-10-24)22-20-25(18)23-19(27-20)15-6-4-5-14(11-15)16-7-8-21-13-16;25-15-10-14(23-7-2-1-3-8-23)21-19-24(15)22-18(29-19)13-6-4-5-12(9-13)17(28)20-11-16(26)27;22-14-10-13(19-8-2-1-3-9-19)17-16-20(14)18-15(25-16)11-4-6-12(7-5-11)21(23)24/h6-8,11-12H,3-5,9-10,13H2,1-2H3;4-10,13-14H,1-3,11-12,23H2;4-7,11-13H,1-3,8-10H2;4-6,9-10H,1-3,7-8,11H2,(H,20,28)(H,26,27);4-7,10H,1-3,8-9H2. The Balaban J connectivity index is 0.000000111.